The molecule has 3 aromatic rings. The monoisotopic (exact) mass is 417 g/mol. The third-order valence-corrected chi connectivity index (χ3v) is 5.87. The van der Waals surface area contributed by atoms with Gasteiger partial charge >= 0.3 is 0 Å². The van der Waals surface area contributed by atoms with Crippen LogP contribution in [0.4, 0.5) is 5.69 Å². The molecule has 0 fully saturated rings. The van der Waals surface area contributed by atoms with Crippen molar-refractivity contribution in [1.82, 2.24) is 0 Å². The van der Waals surface area contributed by atoms with Gasteiger partial charge in [-0.2, -0.15) is 0 Å². The quantitative estimate of drug-likeness (QED) is 0.610. The predicted octanol–water partition coefficient (Wildman–Crippen LogP) is 3.98. The summed E-state index contributed by atoms with van der Waals surface area (Å²) >= 11 is 0. The third-order valence-electron chi connectivity index (χ3n) is 5.87. The lowest BCUT2D eigenvalue weighted by molar-refractivity contribution is -0.123. The van der Waals surface area contributed by atoms with Crippen LogP contribution in [0, 0.1) is 0 Å². The van der Waals surface area contributed by atoms with Crippen LogP contribution in [-0.2, 0) is 16.8 Å². The Morgan fingerprint density at radius 2 is 1.61 bits per heavy atom. The fourth-order valence-electron chi connectivity index (χ4n) is 4.15. The van der Waals surface area contributed by atoms with Crippen molar-refractivity contribution in [3.05, 3.63) is 95.6 Å². The molecular formula is C26H27NO4. The molecule has 1 aliphatic rings. The minimum absolute atomic E-state index is 0.121. The van der Waals surface area contributed by atoms with Crippen molar-refractivity contribution in [2.75, 3.05) is 11.5 Å². The van der Waals surface area contributed by atoms with Crippen molar-refractivity contribution < 1.29 is 19.7 Å². The molecule has 0 saturated carbocycles. The summed E-state index contributed by atoms with van der Waals surface area (Å²) in [6, 6.07) is 24.2. The van der Waals surface area contributed by atoms with E-state index in [1.165, 1.54) is 0 Å². The molecule has 0 bridgehead atoms. The maximum atomic E-state index is 13.5. The lowest BCUT2D eigenvalue weighted by atomic mass is 9.86. The van der Waals surface area contributed by atoms with Crippen LogP contribution < -0.4 is 9.64 Å². The zero-order chi connectivity index (χ0) is 22.0. The molecule has 4 rings (SSSR count). The van der Waals surface area contributed by atoms with Gasteiger partial charge in [-0.15, -0.1) is 0 Å². The second-order valence-corrected chi connectivity index (χ2v) is 8.36. The lowest BCUT2D eigenvalue weighted by Crippen LogP contribution is -2.44. The SMILES string of the molecule is CC1(C)C(=O)N([C@@H](c2ccccc2)[C@H](O)CO)c2ccc(OCc3ccccc3)cc21. The molecule has 2 atom stereocenters. The van der Waals surface area contributed by atoms with E-state index in [0.717, 1.165) is 22.4 Å². The highest BCUT2D eigenvalue weighted by atomic mass is 16.5. The molecule has 3 aromatic carbocycles. The minimum atomic E-state index is -1.11. The van der Waals surface area contributed by atoms with E-state index in [-0.39, 0.29) is 5.91 Å². The van der Waals surface area contributed by atoms with Crippen LogP contribution in [0.3, 0.4) is 0 Å². The summed E-state index contributed by atoms with van der Waals surface area (Å²) in [5, 5.41) is 20.3. The van der Waals surface area contributed by atoms with E-state index in [1.54, 1.807) is 4.90 Å². The van der Waals surface area contributed by atoms with Crippen LogP contribution in [0.25, 0.3) is 0 Å². The topological polar surface area (TPSA) is 70.0 Å². The summed E-state index contributed by atoms with van der Waals surface area (Å²) < 4.78 is 5.98. The second-order valence-electron chi connectivity index (χ2n) is 8.36. The van der Waals surface area contributed by atoms with Gasteiger partial charge in [-0.3, -0.25) is 4.79 Å². The molecule has 0 saturated heterocycles. The van der Waals surface area contributed by atoms with Crippen molar-refractivity contribution in [2.24, 2.45) is 0 Å². The first-order valence-corrected chi connectivity index (χ1v) is 10.4. The van der Waals surface area contributed by atoms with E-state index in [2.05, 4.69) is 0 Å². The number of ether oxygens (including phenoxy) is 1. The fourth-order valence-corrected chi connectivity index (χ4v) is 4.15. The van der Waals surface area contributed by atoms with E-state index in [4.69, 9.17) is 4.74 Å². The van der Waals surface area contributed by atoms with Crippen LogP contribution in [-0.4, -0.2) is 28.8 Å². The van der Waals surface area contributed by atoms with Crippen LogP contribution >= 0.6 is 0 Å². The number of nitrogens with zero attached hydrogens (tertiary/aromatic N) is 1. The highest BCUT2D eigenvalue weighted by Gasteiger charge is 2.48. The van der Waals surface area contributed by atoms with E-state index in [0.29, 0.717) is 12.4 Å². The van der Waals surface area contributed by atoms with Gasteiger partial charge in [0.05, 0.1) is 18.1 Å². The Hall–Kier alpha value is -3.15. The van der Waals surface area contributed by atoms with Crippen molar-refractivity contribution in [1.29, 1.82) is 0 Å². The van der Waals surface area contributed by atoms with Crippen molar-refractivity contribution >= 4 is 11.6 Å². The van der Waals surface area contributed by atoms with E-state index in [9.17, 15) is 15.0 Å². The van der Waals surface area contributed by atoms with E-state index < -0.39 is 24.2 Å². The number of aliphatic hydroxyl groups excluding tert-OH is 2. The smallest absolute Gasteiger partial charge is 0.237 e. The molecule has 0 aromatic heterocycles. The molecule has 5 heteroatoms. The Morgan fingerprint density at radius 3 is 2.26 bits per heavy atom. The van der Waals surface area contributed by atoms with E-state index in [1.807, 2.05) is 92.7 Å². The Morgan fingerprint density at radius 1 is 0.968 bits per heavy atom. The number of fused-ring (bicyclic) bond motifs is 1. The molecule has 0 unspecified atom stereocenters. The van der Waals surface area contributed by atoms with Crippen molar-refractivity contribution in [3.63, 3.8) is 0 Å². The molecule has 0 radical (unpaired) electrons. The maximum absolute atomic E-state index is 13.5. The number of benzene rings is 3. The van der Waals surface area contributed by atoms with Crippen molar-refractivity contribution in [3.8, 4) is 5.75 Å². The molecule has 2 N–H and O–H groups in total. The minimum Gasteiger partial charge on any atom is -0.489 e. The number of amides is 1. The first-order chi connectivity index (χ1) is 14.9. The molecule has 5 nitrogen and oxygen atoms in total. The number of aliphatic hydroxyl groups is 2. The van der Waals surface area contributed by atoms with Gasteiger partial charge in [0.15, 0.2) is 0 Å². The number of carbonyl (C=O) groups is 1. The number of carbonyl (C=O) groups excluding carboxylic acids is 1. The number of hydrogen-bond donors (Lipinski definition) is 2. The average molecular weight is 418 g/mol. The van der Waals surface area contributed by atoms with Crippen LogP contribution in [0.15, 0.2) is 78.9 Å². The van der Waals surface area contributed by atoms with Crippen LogP contribution in [0.5, 0.6) is 5.75 Å². The summed E-state index contributed by atoms with van der Waals surface area (Å²) in [6.07, 6.45) is -1.11. The van der Waals surface area contributed by atoms with Gasteiger partial charge < -0.3 is 19.8 Å². The molecule has 160 valence electrons. The number of rotatable bonds is 7. The standard InChI is InChI=1S/C26H27NO4/c1-26(2)21-15-20(31-17-18-9-5-3-6-10-18)13-14-22(21)27(25(26)30)24(23(29)16-28)19-11-7-4-8-12-19/h3-15,23-24,28-29H,16-17H2,1-2H3/t23-,24+/m1/s1. The normalized spacial score (nSPS) is 16.6. The average Bonchev–Trinajstić information content (AvgIpc) is 2.99. The molecule has 1 heterocycles. The van der Waals surface area contributed by atoms with Crippen LogP contribution in [0.1, 0.15) is 36.6 Å². The van der Waals surface area contributed by atoms with Gasteiger partial charge in [0, 0.05) is 5.69 Å². The number of hydrogen-bond acceptors (Lipinski definition) is 4. The Bertz CT molecular complexity index is 1050. The molecule has 0 spiro atoms. The van der Waals surface area contributed by atoms with Gasteiger partial charge in [-0.1, -0.05) is 60.7 Å². The van der Waals surface area contributed by atoms with Gasteiger partial charge in [-0.25, -0.2) is 0 Å². The Labute approximate surface area is 182 Å². The summed E-state index contributed by atoms with van der Waals surface area (Å²) in [6.45, 7) is 3.75. The first kappa shape index (κ1) is 21.1. The zero-order valence-corrected chi connectivity index (χ0v) is 17.7. The molecular weight excluding hydrogens is 390 g/mol. The summed E-state index contributed by atoms with van der Waals surface area (Å²) in [5.74, 6) is 0.563. The Balaban J connectivity index is 1.70. The molecule has 1 amide bonds. The Kier molecular flexibility index (Phi) is 5.81. The molecule has 31 heavy (non-hydrogen) atoms. The van der Waals surface area contributed by atoms with Crippen molar-refractivity contribution in [2.45, 2.75) is 38.0 Å². The van der Waals surface area contributed by atoms with Gasteiger partial charge in [0.25, 0.3) is 0 Å². The molecule has 1 aliphatic heterocycles. The van der Waals surface area contributed by atoms with Crippen LogP contribution in [0.2, 0.25) is 0 Å². The molecule has 0 aliphatic carbocycles. The summed E-state index contributed by atoms with van der Waals surface area (Å²) in [4.78, 5) is 15.1. The lowest BCUT2D eigenvalue weighted by Gasteiger charge is -2.33. The summed E-state index contributed by atoms with van der Waals surface area (Å²) in [7, 11) is 0. The van der Waals surface area contributed by atoms with Gasteiger partial charge in [0.1, 0.15) is 18.5 Å². The van der Waals surface area contributed by atoms with Gasteiger partial charge in [-0.05, 0) is 48.7 Å². The predicted molar refractivity (Wildman–Crippen MR) is 120 cm³/mol. The largest absolute Gasteiger partial charge is 0.489 e. The zero-order valence-electron chi connectivity index (χ0n) is 17.7. The van der Waals surface area contributed by atoms with Gasteiger partial charge in [0.2, 0.25) is 5.91 Å². The second kappa shape index (κ2) is 8.53. The third kappa shape index (κ3) is 3.94. The van der Waals surface area contributed by atoms with E-state index >= 15 is 0 Å². The highest BCUT2D eigenvalue weighted by molar-refractivity contribution is 6.08. The summed E-state index contributed by atoms with van der Waals surface area (Å²) in [5.41, 5.74) is 2.61. The maximum Gasteiger partial charge on any atom is 0.237 e. The fraction of sp³-hybridized carbons (Fsp3) is 0.269. The first-order valence-electron chi connectivity index (χ1n) is 10.4. The number of anilines is 1. The highest BCUT2D eigenvalue weighted by Crippen LogP contribution is 2.47.